The van der Waals surface area contributed by atoms with Gasteiger partial charge < -0.3 is 9.32 Å². The van der Waals surface area contributed by atoms with Gasteiger partial charge in [-0.25, -0.2) is 9.67 Å². The second-order valence-corrected chi connectivity index (χ2v) is 5.43. The van der Waals surface area contributed by atoms with Gasteiger partial charge in [-0.1, -0.05) is 12.1 Å². The van der Waals surface area contributed by atoms with Crippen LogP contribution in [0.25, 0.3) is 5.69 Å². The number of benzene rings is 1. The number of carbonyl (C=O) groups excluding carboxylic acids is 1. The number of aromatic nitrogens is 3. The molecule has 0 radical (unpaired) electrons. The first-order valence-electron chi connectivity index (χ1n) is 7.35. The van der Waals surface area contributed by atoms with Crippen molar-refractivity contribution in [2.24, 2.45) is 0 Å². The lowest BCUT2D eigenvalue weighted by Crippen LogP contribution is -2.29. The fourth-order valence-corrected chi connectivity index (χ4v) is 2.37. The van der Waals surface area contributed by atoms with Crippen molar-refractivity contribution in [3.05, 3.63) is 66.1 Å². The molecule has 0 aliphatic carbocycles. The Hall–Kier alpha value is -2.89. The summed E-state index contributed by atoms with van der Waals surface area (Å²) < 4.78 is 7.10. The van der Waals surface area contributed by atoms with Crippen LogP contribution in [0.15, 0.2) is 53.5 Å². The van der Waals surface area contributed by atoms with Gasteiger partial charge in [0, 0.05) is 7.05 Å². The third kappa shape index (κ3) is 3.01. The van der Waals surface area contributed by atoms with Crippen LogP contribution < -0.4 is 0 Å². The monoisotopic (exact) mass is 310 g/mol. The standard InChI is InChI=1S/C17H18N4O2/c1-12-4-9-16(23-12)17(22)20(3)13(2)14-5-7-15(8-6-14)21-11-18-10-19-21/h4-11,13H,1-3H3/t13-/m1/s1. The molecule has 1 aromatic carbocycles. The number of aryl methyl sites for hydroxylation is 1. The van der Waals surface area contributed by atoms with E-state index in [1.54, 1.807) is 35.1 Å². The Morgan fingerprint density at radius 3 is 2.52 bits per heavy atom. The Kier molecular flexibility index (Phi) is 3.97. The van der Waals surface area contributed by atoms with Gasteiger partial charge >= 0.3 is 0 Å². The van der Waals surface area contributed by atoms with Crippen molar-refractivity contribution in [1.29, 1.82) is 0 Å². The van der Waals surface area contributed by atoms with E-state index in [4.69, 9.17) is 4.42 Å². The first-order chi connectivity index (χ1) is 11.1. The Balaban J connectivity index is 1.77. The van der Waals surface area contributed by atoms with E-state index < -0.39 is 0 Å². The van der Waals surface area contributed by atoms with E-state index in [0.29, 0.717) is 5.76 Å². The van der Waals surface area contributed by atoms with Gasteiger partial charge in [0.15, 0.2) is 5.76 Å². The highest BCUT2D eigenvalue weighted by Crippen LogP contribution is 2.22. The molecular formula is C17H18N4O2. The summed E-state index contributed by atoms with van der Waals surface area (Å²) in [5, 5.41) is 4.09. The molecular weight excluding hydrogens is 292 g/mol. The largest absolute Gasteiger partial charge is 0.456 e. The van der Waals surface area contributed by atoms with Gasteiger partial charge in [0.05, 0.1) is 11.7 Å². The number of nitrogens with zero attached hydrogens (tertiary/aromatic N) is 4. The number of carbonyl (C=O) groups is 1. The van der Waals surface area contributed by atoms with Crippen molar-refractivity contribution in [2.75, 3.05) is 7.05 Å². The molecule has 3 aromatic rings. The fraction of sp³-hybridized carbons (Fsp3) is 0.235. The van der Waals surface area contributed by atoms with Crippen LogP contribution in [0.1, 0.15) is 34.8 Å². The van der Waals surface area contributed by atoms with Gasteiger partial charge in [0.2, 0.25) is 0 Å². The van der Waals surface area contributed by atoms with E-state index in [2.05, 4.69) is 10.1 Å². The highest BCUT2D eigenvalue weighted by atomic mass is 16.3. The summed E-state index contributed by atoms with van der Waals surface area (Å²) in [6.07, 6.45) is 3.14. The quantitative estimate of drug-likeness (QED) is 0.743. The molecule has 6 heteroatoms. The average molecular weight is 310 g/mol. The van der Waals surface area contributed by atoms with Crippen LogP contribution in [0.3, 0.4) is 0 Å². The molecule has 1 atom stereocenters. The highest BCUT2D eigenvalue weighted by Gasteiger charge is 2.21. The Morgan fingerprint density at radius 2 is 1.96 bits per heavy atom. The summed E-state index contributed by atoms with van der Waals surface area (Å²) in [5.74, 6) is 0.952. The minimum Gasteiger partial charge on any atom is -0.456 e. The topological polar surface area (TPSA) is 64.2 Å². The predicted octanol–water partition coefficient (Wildman–Crippen LogP) is 3.00. The summed E-state index contributed by atoms with van der Waals surface area (Å²) >= 11 is 0. The Bertz CT molecular complexity index is 790. The average Bonchev–Trinajstić information content (AvgIpc) is 3.24. The van der Waals surface area contributed by atoms with E-state index in [1.807, 2.05) is 38.1 Å². The first-order valence-corrected chi connectivity index (χ1v) is 7.35. The molecule has 6 nitrogen and oxygen atoms in total. The van der Waals surface area contributed by atoms with Crippen LogP contribution >= 0.6 is 0 Å². The predicted molar refractivity (Wildman–Crippen MR) is 85.3 cm³/mol. The molecule has 0 bridgehead atoms. The summed E-state index contributed by atoms with van der Waals surface area (Å²) in [4.78, 5) is 18.0. The summed E-state index contributed by atoms with van der Waals surface area (Å²) in [7, 11) is 1.77. The van der Waals surface area contributed by atoms with Crippen LogP contribution in [0.4, 0.5) is 0 Å². The van der Waals surface area contributed by atoms with E-state index >= 15 is 0 Å². The van der Waals surface area contributed by atoms with Crippen LogP contribution in [0.5, 0.6) is 0 Å². The number of amides is 1. The molecule has 0 unspecified atom stereocenters. The van der Waals surface area contributed by atoms with E-state index in [9.17, 15) is 4.79 Å². The maximum Gasteiger partial charge on any atom is 0.289 e. The molecule has 0 saturated heterocycles. The van der Waals surface area contributed by atoms with Crippen molar-refractivity contribution in [2.45, 2.75) is 19.9 Å². The molecule has 3 rings (SSSR count). The van der Waals surface area contributed by atoms with Crippen molar-refractivity contribution < 1.29 is 9.21 Å². The van der Waals surface area contributed by atoms with Crippen LogP contribution in [-0.4, -0.2) is 32.6 Å². The van der Waals surface area contributed by atoms with Crippen molar-refractivity contribution >= 4 is 5.91 Å². The van der Waals surface area contributed by atoms with Gasteiger partial charge in [-0.05, 0) is 43.7 Å². The molecule has 0 N–H and O–H groups in total. The molecule has 0 fully saturated rings. The lowest BCUT2D eigenvalue weighted by molar-refractivity contribution is 0.0709. The Labute approximate surface area is 134 Å². The zero-order valence-corrected chi connectivity index (χ0v) is 13.3. The van der Waals surface area contributed by atoms with Gasteiger partial charge in [-0.3, -0.25) is 4.79 Å². The maximum atomic E-state index is 12.4. The van der Waals surface area contributed by atoms with Crippen molar-refractivity contribution in [1.82, 2.24) is 19.7 Å². The lowest BCUT2D eigenvalue weighted by Gasteiger charge is -2.24. The fourth-order valence-electron chi connectivity index (χ4n) is 2.37. The molecule has 2 heterocycles. The molecule has 1 amide bonds. The summed E-state index contributed by atoms with van der Waals surface area (Å²) in [6, 6.07) is 11.3. The third-order valence-corrected chi connectivity index (χ3v) is 3.91. The maximum absolute atomic E-state index is 12.4. The summed E-state index contributed by atoms with van der Waals surface area (Å²) in [5.41, 5.74) is 1.96. The minimum absolute atomic E-state index is 0.0716. The van der Waals surface area contributed by atoms with Gasteiger partial charge in [-0.15, -0.1) is 0 Å². The van der Waals surface area contributed by atoms with Crippen molar-refractivity contribution in [3.63, 3.8) is 0 Å². The molecule has 23 heavy (non-hydrogen) atoms. The van der Waals surface area contributed by atoms with E-state index in [-0.39, 0.29) is 11.9 Å². The second-order valence-electron chi connectivity index (χ2n) is 5.43. The third-order valence-electron chi connectivity index (χ3n) is 3.91. The van der Waals surface area contributed by atoms with Crippen LogP contribution in [-0.2, 0) is 0 Å². The van der Waals surface area contributed by atoms with E-state index in [0.717, 1.165) is 17.0 Å². The molecule has 118 valence electrons. The molecule has 0 aliphatic rings. The van der Waals surface area contributed by atoms with Crippen LogP contribution in [0.2, 0.25) is 0 Å². The molecule has 0 aliphatic heterocycles. The number of hydrogen-bond acceptors (Lipinski definition) is 4. The molecule has 0 spiro atoms. The zero-order valence-electron chi connectivity index (χ0n) is 13.3. The minimum atomic E-state index is -0.133. The SMILES string of the molecule is Cc1ccc(C(=O)N(C)[C@H](C)c2ccc(-n3cncn3)cc2)o1. The number of furan rings is 1. The van der Waals surface area contributed by atoms with Crippen molar-refractivity contribution in [3.8, 4) is 5.69 Å². The smallest absolute Gasteiger partial charge is 0.289 e. The van der Waals surface area contributed by atoms with Gasteiger partial charge in [0.1, 0.15) is 18.4 Å². The molecule has 2 aromatic heterocycles. The normalized spacial score (nSPS) is 12.1. The lowest BCUT2D eigenvalue weighted by atomic mass is 10.1. The molecule has 0 saturated carbocycles. The highest BCUT2D eigenvalue weighted by molar-refractivity contribution is 5.91. The Morgan fingerprint density at radius 1 is 1.22 bits per heavy atom. The second kappa shape index (κ2) is 6.08. The van der Waals surface area contributed by atoms with Gasteiger partial charge in [-0.2, -0.15) is 5.10 Å². The number of rotatable bonds is 4. The van der Waals surface area contributed by atoms with Gasteiger partial charge in [0.25, 0.3) is 5.91 Å². The zero-order chi connectivity index (χ0) is 16.4. The number of hydrogen-bond donors (Lipinski definition) is 0. The van der Waals surface area contributed by atoms with Crippen LogP contribution in [0, 0.1) is 6.92 Å². The summed E-state index contributed by atoms with van der Waals surface area (Å²) in [6.45, 7) is 3.81. The van der Waals surface area contributed by atoms with E-state index in [1.165, 1.54) is 6.33 Å². The first kappa shape index (κ1) is 15.0.